The largest absolute Gasteiger partial charge is 0.497 e. The van der Waals surface area contributed by atoms with Crippen molar-refractivity contribution in [3.63, 3.8) is 0 Å². The number of amides is 1. The average Bonchev–Trinajstić information content (AvgIpc) is 2.78. The van der Waals surface area contributed by atoms with Gasteiger partial charge in [-0.25, -0.2) is 4.79 Å². The van der Waals surface area contributed by atoms with Gasteiger partial charge in [0, 0.05) is 25.6 Å². The molecule has 2 aliphatic heterocycles. The number of nitrogens with zero attached hydrogens (tertiary/aromatic N) is 1. The highest BCUT2D eigenvalue weighted by atomic mass is 16.6. The highest BCUT2D eigenvalue weighted by Gasteiger charge is 2.45. The van der Waals surface area contributed by atoms with Gasteiger partial charge in [0.2, 0.25) is 0 Å². The molecule has 0 aliphatic carbocycles. The highest BCUT2D eigenvalue weighted by Crippen LogP contribution is 2.29. The van der Waals surface area contributed by atoms with E-state index >= 15 is 0 Å². The van der Waals surface area contributed by atoms with Crippen LogP contribution in [0.4, 0.5) is 4.79 Å². The molecular formula is C15H20N2O3. The molecule has 2 fully saturated rings. The number of nitrogens with one attached hydrogen (secondary N) is 1. The minimum Gasteiger partial charge on any atom is -0.497 e. The first-order valence-corrected chi connectivity index (χ1v) is 7.00. The average molecular weight is 276 g/mol. The Bertz CT molecular complexity index is 488. The minimum atomic E-state index is -0.202. The Balaban J connectivity index is 1.74. The molecule has 0 bridgehead atoms. The summed E-state index contributed by atoms with van der Waals surface area (Å²) in [6.45, 7) is 4.41. The zero-order valence-electron chi connectivity index (χ0n) is 11.8. The quantitative estimate of drug-likeness (QED) is 0.911. The van der Waals surface area contributed by atoms with Crippen molar-refractivity contribution in [1.82, 2.24) is 10.2 Å². The Morgan fingerprint density at radius 1 is 1.35 bits per heavy atom. The van der Waals surface area contributed by atoms with E-state index in [1.807, 2.05) is 29.2 Å². The van der Waals surface area contributed by atoms with Gasteiger partial charge in [0.15, 0.2) is 0 Å². The summed E-state index contributed by atoms with van der Waals surface area (Å²) in [6, 6.07) is 7.93. The first kappa shape index (κ1) is 13.2. The van der Waals surface area contributed by atoms with Crippen LogP contribution in [-0.4, -0.2) is 43.3 Å². The maximum Gasteiger partial charge on any atom is 0.410 e. The van der Waals surface area contributed by atoms with Crippen molar-refractivity contribution in [2.75, 3.05) is 20.2 Å². The number of carbonyl (C=O) groups is 1. The molecule has 0 radical (unpaired) electrons. The maximum absolute atomic E-state index is 12.1. The van der Waals surface area contributed by atoms with Gasteiger partial charge in [-0.05, 0) is 17.7 Å². The summed E-state index contributed by atoms with van der Waals surface area (Å²) in [6.07, 6.45) is -0.187. The Hall–Kier alpha value is -1.75. The van der Waals surface area contributed by atoms with Crippen LogP contribution in [0.2, 0.25) is 0 Å². The first-order valence-electron chi connectivity index (χ1n) is 7.00. The van der Waals surface area contributed by atoms with Crippen LogP contribution in [0.3, 0.4) is 0 Å². The number of carbonyl (C=O) groups excluding carboxylic acids is 1. The molecule has 5 heteroatoms. The van der Waals surface area contributed by atoms with Gasteiger partial charge >= 0.3 is 6.09 Å². The number of rotatable bonds is 3. The summed E-state index contributed by atoms with van der Waals surface area (Å²) in [5.41, 5.74) is 1.08. The Morgan fingerprint density at radius 3 is 2.80 bits per heavy atom. The van der Waals surface area contributed by atoms with Crippen LogP contribution in [0.5, 0.6) is 5.75 Å². The molecule has 5 nitrogen and oxygen atoms in total. The van der Waals surface area contributed by atoms with Gasteiger partial charge in [0.1, 0.15) is 11.9 Å². The number of benzene rings is 1. The van der Waals surface area contributed by atoms with Crippen molar-refractivity contribution in [2.45, 2.75) is 25.6 Å². The first-order chi connectivity index (χ1) is 9.69. The molecule has 1 N–H and O–H groups in total. The number of piperidine rings is 1. The van der Waals surface area contributed by atoms with Crippen molar-refractivity contribution >= 4 is 6.09 Å². The Labute approximate surface area is 118 Å². The summed E-state index contributed by atoms with van der Waals surface area (Å²) >= 11 is 0. The molecule has 1 amide bonds. The maximum atomic E-state index is 12.1. The molecule has 0 spiro atoms. The minimum absolute atomic E-state index is 0.0157. The predicted molar refractivity (Wildman–Crippen MR) is 74.6 cm³/mol. The molecule has 2 saturated heterocycles. The molecule has 3 rings (SSSR count). The van der Waals surface area contributed by atoms with Crippen LogP contribution in [0, 0.1) is 5.92 Å². The van der Waals surface area contributed by atoms with Crippen molar-refractivity contribution in [3.8, 4) is 5.75 Å². The van der Waals surface area contributed by atoms with Crippen LogP contribution in [0.15, 0.2) is 24.3 Å². The molecule has 2 aliphatic rings. The number of fused-ring (bicyclic) bond motifs is 1. The lowest BCUT2D eigenvalue weighted by atomic mass is 9.93. The second-order valence-corrected chi connectivity index (χ2v) is 5.53. The predicted octanol–water partition coefficient (Wildman–Crippen LogP) is 1.62. The number of hydrogen-bond donors (Lipinski definition) is 1. The van der Waals surface area contributed by atoms with Gasteiger partial charge in [-0.2, -0.15) is 0 Å². The smallest absolute Gasteiger partial charge is 0.410 e. The second kappa shape index (κ2) is 5.32. The third-order valence-corrected chi connectivity index (χ3v) is 4.14. The molecule has 3 atom stereocenters. The monoisotopic (exact) mass is 276 g/mol. The third kappa shape index (κ3) is 2.33. The van der Waals surface area contributed by atoms with Gasteiger partial charge in [0.05, 0.1) is 13.2 Å². The summed E-state index contributed by atoms with van der Waals surface area (Å²) in [5.74, 6) is 1.18. The van der Waals surface area contributed by atoms with E-state index in [-0.39, 0.29) is 18.2 Å². The van der Waals surface area contributed by atoms with Crippen molar-refractivity contribution in [2.24, 2.45) is 5.92 Å². The van der Waals surface area contributed by atoms with E-state index in [0.29, 0.717) is 12.5 Å². The van der Waals surface area contributed by atoms with Crippen molar-refractivity contribution in [3.05, 3.63) is 29.8 Å². The summed E-state index contributed by atoms with van der Waals surface area (Å²) in [7, 11) is 1.65. The number of ether oxygens (including phenoxy) is 2. The topological polar surface area (TPSA) is 50.8 Å². The fraction of sp³-hybridized carbons (Fsp3) is 0.533. The van der Waals surface area contributed by atoms with E-state index in [1.165, 1.54) is 0 Å². The molecule has 1 aromatic rings. The lowest BCUT2D eigenvalue weighted by molar-refractivity contribution is 0.0818. The lowest BCUT2D eigenvalue weighted by Crippen LogP contribution is -2.52. The van der Waals surface area contributed by atoms with Gasteiger partial charge in [-0.15, -0.1) is 0 Å². The van der Waals surface area contributed by atoms with Crippen LogP contribution in [0.1, 0.15) is 12.5 Å². The van der Waals surface area contributed by atoms with E-state index in [9.17, 15) is 4.79 Å². The summed E-state index contributed by atoms with van der Waals surface area (Å²) in [4.78, 5) is 13.9. The lowest BCUT2D eigenvalue weighted by Gasteiger charge is -2.32. The van der Waals surface area contributed by atoms with Gasteiger partial charge in [-0.3, -0.25) is 4.90 Å². The fourth-order valence-corrected chi connectivity index (χ4v) is 2.98. The third-order valence-electron chi connectivity index (χ3n) is 4.14. The molecule has 2 heterocycles. The molecular weight excluding hydrogens is 256 g/mol. The van der Waals surface area contributed by atoms with E-state index in [2.05, 4.69) is 12.2 Å². The normalized spacial score (nSPS) is 29.0. The molecule has 0 aromatic heterocycles. The zero-order valence-corrected chi connectivity index (χ0v) is 11.8. The zero-order chi connectivity index (χ0) is 14.1. The number of hydrogen-bond acceptors (Lipinski definition) is 4. The van der Waals surface area contributed by atoms with Crippen molar-refractivity contribution < 1.29 is 14.3 Å². The van der Waals surface area contributed by atoms with E-state index in [4.69, 9.17) is 9.47 Å². The Morgan fingerprint density at radius 2 is 2.10 bits per heavy atom. The fourth-order valence-electron chi connectivity index (χ4n) is 2.98. The van der Waals surface area contributed by atoms with Gasteiger partial charge in [0.25, 0.3) is 0 Å². The van der Waals surface area contributed by atoms with Crippen LogP contribution in [-0.2, 0) is 11.3 Å². The Kier molecular flexibility index (Phi) is 3.53. The molecule has 1 aromatic carbocycles. The second-order valence-electron chi connectivity index (χ2n) is 5.53. The van der Waals surface area contributed by atoms with Gasteiger partial charge in [-0.1, -0.05) is 19.1 Å². The molecule has 20 heavy (non-hydrogen) atoms. The van der Waals surface area contributed by atoms with Crippen LogP contribution in [0.25, 0.3) is 0 Å². The standard InChI is InChI=1S/C15H20N2O3/c1-10-7-16-8-13-14(10)20-15(18)17(13)9-11-3-5-12(19-2)6-4-11/h3-6,10,13-14,16H,7-9H2,1-2H3. The van der Waals surface area contributed by atoms with Crippen LogP contribution >= 0.6 is 0 Å². The van der Waals surface area contributed by atoms with E-state index < -0.39 is 0 Å². The molecule has 108 valence electrons. The van der Waals surface area contributed by atoms with E-state index in [0.717, 1.165) is 24.4 Å². The van der Waals surface area contributed by atoms with Crippen LogP contribution < -0.4 is 10.1 Å². The summed E-state index contributed by atoms with van der Waals surface area (Å²) < 4.78 is 10.7. The SMILES string of the molecule is COc1ccc(CN2C(=O)OC3C(C)CNCC32)cc1. The van der Waals surface area contributed by atoms with Gasteiger partial charge < -0.3 is 14.8 Å². The van der Waals surface area contributed by atoms with E-state index in [1.54, 1.807) is 7.11 Å². The number of methoxy groups -OCH3 is 1. The highest BCUT2D eigenvalue weighted by molar-refractivity contribution is 5.71. The molecule has 3 unspecified atom stereocenters. The summed E-state index contributed by atoms with van der Waals surface area (Å²) in [5, 5.41) is 3.37. The molecule has 0 saturated carbocycles. The van der Waals surface area contributed by atoms with Crippen molar-refractivity contribution in [1.29, 1.82) is 0 Å².